The average Bonchev–Trinajstić information content (AvgIpc) is 3.18. The van der Waals surface area contributed by atoms with Crippen LogP contribution < -0.4 is 5.73 Å². The molecular weight excluding hydrogens is 410 g/mol. The van der Waals surface area contributed by atoms with E-state index >= 15 is 0 Å². The molecule has 0 aliphatic carbocycles. The molecule has 1 fully saturated rings. The van der Waals surface area contributed by atoms with E-state index in [-0.39, 0.29) is 16.8 Å². The second-order valence-electron chi connectivity index (χ2n) is 7.72. The fourth-order valence-electron chi connectivity index (χ4n) is 3.94. The van der Waals surface area contributed by atoms with Gasteiger partial charge in [-0.15, -0.1) is 0 Å². The van der Waals surface area contributed by atoms with Crippen molar-refractivity contribution in [3.8, 4) is 11.1 Å². The molecule has 1 amide bonds. The first kappa shape index (κ1) is 19.5. The van der Waals surface area contributed by atoms with E-state index < -0.39 is 10.0 Å². The van der Waals surface area contributed by atoms with Crippen LogP contribution >= 0.6 is 0 Å². The fraction of sp³-hybridized carbons (Fsp3) is 0.125. The van der Waals surface area contributed by atoms with Crippen LogP contribution in [0.3, 0.4) is 0 Å². The molecule has 1 saturated heterocycles. The molecule has 1 aliphatic heterocycles. The topological polar surface area (TPSA) is 85.4 Å². The maximum Gasteiger partial charge on any atom is 0.268 e. The zero-order valence-corrected chi connectivity index (χ0v) is 17.5. The van der Waals surface area contributed by atoms with Gasteiger partial charge in [0.2, 0.25) is 0 Å². The summed E-state index contributed by atoms with van der Waals surface area (Å²) in [6, 6.07) is 23.2. The van der Waals surface area contributed by atoms with Gasteiger partial charge in [-0.3, -0.25) is 4.79 Å². The van der Waals surface area contributed by atoms with E-state index in [0.29, 0.717) is 24.2 Å². The highest BCUT2D eigenvalue weighted by molar-refractivity contribution is 7.90. The number of rotatable bonds is 4. The van der Waals surface area contributed by atoms with Crippen LogP contribution in [0.5, 0.6) is 0 Å². The number of hydrogen-bond donors (Lipinski definition) is 1. The van der Waals surface area contributed by atoms with Gasteiger partial charge in [-0.25, -0.2) is 12.4 Å². The Morgan fingerprint density at radius 2 is 1.52 bits per heavy atom. The Morgan fingerprint density at radius 3 is 2.19 bits per heavy atom. The van der Waals surface area contributed by atoms with Crippen LogP contribution in [0.4, 0.5) is 0 Å². The zero-order chi connectivity index (χ0) is 21.6. The number of fused-ring (bicyclic) bond motifs is 1. The van der Waals surface area contributed by atoms with Gasteiger partial charge in [0.25, 0.3) is 15.9 Å². The third-order valence-electron chi connectivity index (χ3n) is 5.62. The maximum absolute atomic E-state index is 13.5. The molecule has 2 N–H and O–H groups in total. The van der Waals surface area contributed by atoms with Crippen molar-refractivity contribution in [3.63, 3.8) is 0 Å². The van der Waals surface area contributed by atoms with Crippen molar-refractivity contribution in [1.82, 2.24) is 8.87 Å². The van der Waals surface area contributed by atoms with Crippen molar-refractivity contribution in [2.24, 2.45) is 5.73 Å². The second kappa shape index (κ2) is 7.37. The molecular formula is C24H21N3O3S. The first-order chi connectivity index (χ1) is 14.9. The molecule has 0 unspecified atom stereocenters. The van der Waals surface area contributed by atoms with E-state index in [2.05, 4.69) is 0 Å². The first-order valence-corrected chi connectivity index (χ1v) is 11.4. The predicted molar refractivity (Wildman–Crippen MR) is 120 cm³/mol. The number of carbonyl (C=O) groups excluding carboxylic acids is 1. The Balaban J connectivity index is 1.55. The molecule has 7 heteroatoms. The number of para-hydroxylation sites is 1. The third-order valence-corrected chi connectivity index (χ3v) is 7.31. The number of nitrogens with two attached hydrogens (primary N) is 1. The quantitative estimate of drug-likeness (QED) is 0.537. The lowest BCUT2D eigenvalue weighted by atomic mass is 10.1. The van der Waals surface area contributed by atoms with Crippen LogP contribution in [0, 0.1) is 0 Å². The molecule has 5 rings (SSSR count). The molecule has 0 saturated carbocycles. The lowest BCUT2D eigenvalue weighted by Gasteiger charge is -2.36. The van der Waals surface area contributed by atoms with E-state index in [9.17, 15) is 13.2 Å². The van der Waals surface area contributed by atoms with E-state index in [0.717, 1.165) is 16.5 Å². The van der Waals surface area contributed by atoms with E-state index in [1.165, 1.54) is 16.1 Å². The second-order valence-corrected chi connectivity index (χ2v) is 9.54. The van der Waals surface area contributed by atoms with Crippen LogP contribution in [0.25, 0.3) is 22.0 Å². The summed E-state index contributed by atoms with van der Waals surface area (Å²) in [5.41, 5.74) is 8.60. The Bertz CT molecular complexity index is 1370. The standard InChI is InChI=1S/C24H21N3O3S/c25-19-14-26(15-19)24(28)18-10-12-20(13-11-18)31(29,30)27-16-22(17-6-2-1-3-7-17)21-8-4-5-9-23(21)27/h1-13,16,19H,14-15,25H2. The van der Waals surface area contributed by atoms with Gasteiger partial charge in [-0.2, -0.15) is 0 Å². The predicted octanol–water partition coefficient (Wildman–Crippen LogP) is 3.33. The van der Waals surface area contributed by atoms with E-state index in [1.54, 1.807) is 29.3 Å². The van der Waals surface area contributed by atoms with Gasteiger partial charge in [-0.05, 0) is 35.9 Å². The summed E-state index contributed by atoms with van der Waals surface area (Å²) in [6.45, 7) is 1.05. The number of benzene rings is 3. The van der Waals surface area contributed by atoms with Crippen LogP contribution in [-0.2, 0) is 10.0 Å². The molecule has 2 heterocycles. The molecule has 0 radical (unpaired) electrons. The Kier molecular flexibility index (Phi) is 4.64. The normalized spacial score (nSPS) is 14.5. The van der Waals surface area contributed by atoms with Gasteiger partial charge in [0, 0.05) is 41.8 Å². The summed E-state index contributed by atoms with van der Waals surface area (Å²) in [6.07, 6.45) is 1.66. The summed E-state index contributed by atoms with van der Waals surface area (Å²) >= 11 is 0. The lowest BCUT2D eigenvalue weighted by molar-refractivity contribution is 0.0608. The zero-order valence-electron chi connectivity index (χ0n) is 16.7. The van der Waals surface area contributed by atoms with Crippen LogP contribution in [-0.4, -0.2) is 42.3 Å². The van der Waals surface area contributed by atoms with E-state index in [1.807, 2.05) is 48.5 Å². The highest BCUT2D eigenvalue weighted by atomic mass is 32.2. The molecule has 0 spiro atoms. The van der Waals surface area contributed by atoms with Crippen molar-refractivity contribution in [2.75, 3.05) is 13.1 Å². The van der Waals surface area contributed by atoms with Crippen molar-refractivity contribution in [1.29, 1.82) is 0 Å². The summed E-state index contributed by atoms with van der Waals surface area (Å²) < 4.78 is 28.3. The van der Waals surface area contributed by atoms with Gasteiger partial charge in [0.1, 0.15) is 0 Å². The monoisotopic (exact) mass is 431 g/mol. The molecule has 6 nitrogen and oxygen atoms in total. The van der Waals surface area contributed by atoms with Crippen molar-refractivity contribution < 1.29 is 13.2 Å². The summed E-state index contributed by atoms with van der Waals surface area (Å²) in [5.74, 6) is -0.136. The minimum absolute atomic E-state index is 0.0180. The molecule has 156 valence electrons. The van der Waals surface area contributed by atoms with Crippen molar-refractivity contribution >= 4 is 26.8 Å². The van der Waals surface area contributed by atoms with E-state index in [4.69, 9.17) is 5.73 Å². The molecule has 1 aromatic heterocycles. The number of aromatic nitrogens is 1. The fourth-order valence-corrected chi connectivity index (χ4v) is 5.31. The average molecular weight is 432 g/mol. The molecule has 31 heavy (non-hydrogen) atoms. The Morgan fingerprint density at radius 1 is 0.871 bits per heavy atom. The summed E-state index contributed by atoms with van der Waals surface area (Å²) in [5, 5.41) is 0.859. The van der Waals surface area contributed by atoms with Crippen LogP contribution in [0.15, 0.2) is 90.0 Å². The van der Waals surface area contributed by atoms with Crippen molar-refractivity contribution in [2.45, 2.75) is 10.9 Å². The largest absolute Gasteiger partial charge is 0.335 e. The van der Waals surface area contributed by atoms with Gasteiger partial charge in [0.05, 0.1) is 10.4 Å². The van der Waals surface area contributed by atoms with Gasteiger partial charge in [0.15, 0.2) is 0 Å². The third kappa shape index (κ3) is 3.32. The summed E-state index contributed by atoms with van der Waals surface area (Å²) in [4.78, 5) is 14.2. The first-order valence-electron chi connectivity index (χ1n) is 10.0. The highest BCUT2D eigenvalue weighted by Crippen LogP contribution is 2.33. The Hall–Kier alpha value is -3.42. The number of carbonyl (C=O) groups is 1. The number of likely N-dealkylation sites (tertiary alicyclic amines) is 1. The lowest BCUT2D eigenvalue weighted by Crippen LogP contribution is -2.57. The molecule has 0 bridgehead atoms. The maximum atomic E-state index is 13.5. The number of amides is 1. The molecule has 1 aliphatic rings. The number of hydrogen-bond acceptors (Lipinski definition) is 4. The van der Waals surface area contributed by atoms with Crippen molar-refractivity contribution in [3.05, 3.63) is 90.6 Å². The molecule has 0 atom stereocenters. The molecule has 4 aromatic rings. The Labute approximate surface area is 180 Å². The van der Waals surface area contributed by atoms with Crippen LogP contribution in [0.1, 0.15) is 10.4 Å². The minimum atomic E-state index is -3.84. The summed E-state index contributed by atoms with van der Waals surface area (Å²) in [7, 11) is -3.84. The van der Waals surface area contributed by atoms with Gasteiger partial charge in [-0.1, -0.05) is 48.5 Å². The molecule has 3 aromatic carbocycles. The SMILES string of the molecule is NC1CN(C(=O)c2ccc(S(=O)(=O)n3cc(-c4ccccc4)c4ccccc43)cc2)C1. The smallest absolute Gasteiger partial charge is 0.268 e. The van der Waals surface area contributed by atoms with Gasteiger partial charge < -0.3 is 10.6 Å². The number of nitrogens with zero attached hydrogens (tertiary/aromatic N) is 2. The highest BCUT2D eigenvalue weighted by Gasteiger charge is 2.29. The minimum Gasteiger partial charge on any atom is -0.335 e. The van der Waals surface area contributed by atoms with Gasteiger partial charge >= 0.3 is 0 Å². The van der Waals surface area contributed by atoms with Crippen LogP contribution in [0.2, 0.25) is 0 Å².